The minimum Gasteiger partial charge on any atom is -0.462 e. The van der Waals surface area contributed by atoms with Gasteiger partial charge in [0.2, 0.25) is 0 Å². The van der Waals surface area contributed by atoms with Crippen LogP contribution in [0.1, 0.15) is 361 Å². The van der Waals surface area contributed by atoms with Crippen LogP contribution in [-0.4, -0.2) is 37.2 Å². The molecule has 0 aliphatic carbocycles. The van der Waals surface area contributed by atoms with Crippen LogP contribution in [0.3, 0.4) is 0 Å². The molecule has 0 bridgehead atoms. The normalized spacial score (nSPS) is 12.1. The van der Waals surface area contributed by atoms with E-state index in [1.165, 1.54) is 257 Å². The van der Waals surface area contributed by atoms with Crippen LogP contribution in [-0.2, 0) is 28.6 Å². The average Bonchev–Trinajstić information content (AvgIpc) is 3.38. The maximum absolute atomic E-state index is 12.9. The minimum atomic E-state index is -0.774. The summed E-state index contributed by atoms with van der Waals surface area (Å²) in [5.74, 6) is -0.856. The number of unbranched alkanes of at least 4 members (excludes halogenated alkanes) is 45. The van der Waals surface area contributed by atoms with E-state index in [-0.39, 0.29) is 31.1 Å². The van der Waals surface area contributed by atoms with Crippen molar-refractivity contribution < 1.29 is 28.6 Å². The topological polar surface area (TPSA) is 78.9 Å². The minimum absolute atomic E-state index is 0.0713. The van der Waals surface area contributed by atoms with Gasteiger partial charge in [0, 0.05) is 19.3 Å². The van der Waals surface area contributed by atoms with Gasteiger partial charge >= 0.3 is 17.9 Å². The molecule has 0 aliphatic rings. The highest BCUT2D eigenvalue weighted by Gasteiger charge is 2.19. The molecule has 424 valence electrons. The van der Waals surface area contributed by atoms with E-state index in [9.17, 15) is 14.4 Å². The molecule has 6 nitrogen and oxygen atoms in total. The fraction of sp³-hybridized carbons (Fsp3) is 0.894. The van der Waals surface area contributed by atoms with E-state index in [0.29, 0.717) is 19.3 Å². The molecule has 0 aliphatic heterocycles. The highest BCUT2D eigenvalue weighted by Crippen LogP contribution is 2.18. The Kier molecular flexibility index (Phi) is 59.6. The summed E-state index contributed by atoms with van der Waals surface area (Å²) in [6.07, 6.45) is 73.2. The molecule has 0 amide bonds. The highest BCUT2D eigenvalue weighted by molar-refractivity contribution is 5.71. The summed E-state index contributed by atoms with van der Waals surface area (Å²) < 4.78 is 16.9. The molecule has 0 rings (SSSR count). The Morgan fingerprint density at radius 1 is 0.264 bits per heavy atom. The van der Waals surface area contributed by atoms with Gasteiger partial charge in [-0.3, -0.25) is 14.4 Å². The lowest BCUT2D eigenvalue weighted by Gasteiger charge is -2.18. The Bertz CT molecular complexity index is 1160. The van der Waals surface area contributed by atoms with Gasteiger partial charge in [-0.1, -0.05) is 295 Å². The Labute approximate surface area is 449 Å². The summed E-state index contributed by atoms with van der Waals surface area (Å²) in [6, 6.07) is 0. The summed E-state index contributed by atoms with van der Waals surface area (Å²) in [5, 5.41) is 0. The largest absolute Gasteiger partial charge is 0.462 e. The third kappa shape index (κ3) is 58.8. The summed E-state index contributed by atoms with van der Waals surface area (Å²) in [4.78, 5) is 38.3. The SMILES string of the molecule is CCCCCCCCC/C=C\CCCCCCCC(=O)OC[C@H](COC(=O)CCCCCCCCC/C=C\CCCCCCCCCC)OC(=O)CCCCCCCCCCCCCCCCCCCCC. The number of esters is 3. The summed E-state index contributed by atoms with van der Waals surface area (Å²) in [5.41, 5.74) is 0. The summed E-state index contributed by atoms with van der Waals surface area (Å²) >= 11 is 0. The molecule has 0 unspecified atom stereocenters. The zero-order valence-corrected chi connectivity index (χ0v) is 48.7. The van der Waals surface area contributed by atoms with Crippen molar-refractivity contribution in [1.82, 2.24) is 0 Å². The number of hydrogen-bond donors (Lipinski definition) is 0. The second-order valence-electron chi connectivity index (χ2n) is 22.0. The van der Waals surface area contributed by atoms with Crippen LogP contribution in [0.5, 0.6) is 0 Å². The molecule has 0 fully saturated rings. The van der Waals surface area contributed by atoms with E-state index in [1.807, 2.05) is 0 Å². The first-order valence-electron chi connectivity index (χ1n) is 32.3. The molecular weight excluding hydrogens is 889 g/mol. The molecule has 0 aromatic carbocycles. The highest BCUT2D eigenvalue weighted by atomic mass is 16.6. The maximum Gasteiger partial charge on any atom is 0.306 e. The van der Waals surface area contributed by atoms with E-state index >= 15 is 0 Å². The molecule has 0 saturated carbocycles. The second kappa shape index (κ2) is 61.4. The van der Waals surface area contributed by atoms with Crippen molar-refractivity contribution in [3.8, 4) is 0 Å². The van der Waals surface area contributed by atoms with Gasteiger partial charge in [-0.25, -0.2) is 0 Å². The predicted octanol–water partition coefficient (Wildman–Crippen LogP) is 21.8. The molecule has 6 heteroatoms. The fourth-order valence-electron chi connectivity index (χ4n) is 9.79. The molecule has 0 aromatic rings. The number of hydrogen-bond acceptors (Lipinski definition) is 6. The molecule has 0 spiro atoms. The van der Waals surface area contributed by atoms with Gasteiger partial charge in [0.1, 0.15) is 13.2 Å². The van der Waals surface area contributed by atoms with Gasteiger partial charge < -0.3 is 14.2 Å². The summed E-state index contributed by atoms with van der Waals surface area (Å²) in [6.45, 7) is 6.70. The van der Waals surface area contributed by atoms with Crippen molar-refractivity contribution in [2.45, 2.75) is 367 Å². The second-order valence-corrected chi connectivity index (χ2v) is 22.0. The Morgan fingerprint density at radius 2 is 0.458 bits per heavy atom. The number of ether oxygens (including phenoxy) is 3. The standard InChI is InChI=1S/C66H124O6/c1-4-7-10-13-16-19-22-25-28-31-33-35-38-41-44-47-50-53-56-59-65(68)71-62-63(61-70-64(67)58-55-52-49-46-43-40-37-30-27-24-21-18-15-12-9-6-3)72-66(69)60-57-54-51-48-45-42-39-36-34-32-29-26-23-20-17-14-11-8-5-2/h30-31,33,37,63H,4-29,32,34-36,38-62H2,1-3H3/b33-31-,37-30-/t63-/m1/s1. The lowest BCUT2D eigenvalue weighted by molar-refractivity contribution is -0.167. The summed E-state index contributed by atoms with van der Waals surface area (Å²) in [7, 11) is 0. The molecule has 1 atom stereocenters. The molecule has 0 N–H and O–H groups in total. The van der Waals surface area contributed by atoms with Crippen molar-refractivity contribution in [3.63, 3.8) is 0 Å². The molecule has 0 aromatic heterocycles. The number of carbonyl (C=O) groups excluding carboxylic acids is 3. The smallest absolute Gasteiger partial charge is 0.306 e. The Hall–Kier alpha value is -2.11. The van der Waals surface area contributed by atoms with Gasteiger partial charge in [0.25, 0.3) is 0 Å². The fourth-order valence-corrected chi connectivity index (χ4v) is 9.79. The van der Waals surface area contributed by atoms with Crippen LogP contribution < -0.4 is 0 Å². The average molecular weight is 1010 g/mol. The van der Waals surface area contributed by atoms with Crippen molar-refractivity contribution in [2.75, 3.05) is 13.2 Å². The van der Waals surface area contributed by atoms with Gasteiger partial charge in [-0.05, 0) is 70.6 Å². The number of allylic oxidation sites excluding steroid dienone is 4. The van der Waals surface area contributed by atoms with Gasteiger partial charge in [-0.2, -0.15) is 0 Å². The van der Waals surface area contributed by atoms with Gasteiger partial charge in [-0.15, -0.1) is 0 Å². The van der Waals surface area contributed by atoms with Gasteiger partial charge in [0.15, 0.2) is 6.10 Å². The first-order valence-corrected chi connectivity index (χ1v) is 32.3. The lowest BCUT2D eigenvalue weighted by Crippen LogP contribution is -2.30. The number of carbonyl (C=O) groups is 3. The molecule has 0 saturated heterocycles. The van der Waals surface area contributed by atoms with Crippen molar-refractivity contribution in [3.05, 3.63) is 24.3 Å². The van der Waals surface area contributed by atoms with E-state index in [4.69, 9.17) is 14.2 Å². The van der Waals surface area contributed by atoms with Crippen molar-refractivity contribution in [1.29, 1.82) is 0 Å². The van der Waals surface area contributed by atoms with Crippen LogP contribution in [0.2, 0.25) is 0 Å². The zero-order valence-electron chi connectivity index (χ0n) is 48.7. The monoisotopic (exact) mass is 1010 g/mol. The molecule has 0 heterocycles. The Balaban J connectivity index is 4.33. The van der Waals surface area contributed by atoms with Crippen LogP contribution in [0, 0.1) is 0 Å². The Morgan fingerprint density at radius 3 is 0.694 bits per heavy atom. The number of rotatable bonds is 60. The van der Waals surface area contributed by atoms with Crippen LogP contribution in [0.25, 0.3) is 0 Å². The van der Waals surface area contributed by atoms with E-state index in [0.717, 1.165) is 64.2 Å². The van der Waals surface area contributed by atoms with E-state index in [2.05, 4.69) is 45.1 Å². The zero-order chi connectivity index (χ0) is 52.2. The van der Waals surface area contributed by atoms with Crippen molar-refractivity contribution >= 4 is 17.9 Å². The van der Waals surface area contributed by atoms with E-state index < -0.39 is 6.10 Å². The van der Waals surface area contributed by atoms with Crippen LogP contribution in [0.15, 0.2) is 24.3 Å². The van der Waals surface area contributed by atoms with Gasteiger partial charge in [0.05, 0.1) is 0 Å². The molecule has 0 radical (unpaired) electrons. The quantitative estimate of drug-likeness (QED) is 0.0261. The van der Waals surface area contributed by atoms with E-state index in [1.54, 1.807) is 0 Å². The first kappa shape index (κ1) is 69.9. The maximum atomic E-state index is 12.9. The molecule has 72 heavy (non-hydrogen) atoms. The lowest BCUT2D eigenvalue weighted by atomic mass is 10.0. The third-order valence-electron chi connectivity index (χ3n) is 14.7. The predicted molar refractivity (Wildman–Crippen MR) is 312 cm³/mol. The third-order valence-corrected chi connectivity index (χ3v) is 14.7. The van der Waals surface area contributed by atoms with Crippen LogP contribution >= 0.6 is 0 Å². The van der Waals surface area contributed by atoms with Crippen LogP contribution in [0.4, 0.5) is 0 Å². The first-order chi connectivity index (χ1) is 35.5. The van der Waals surface area contributed by atoms with Crippen molar-refractivity contribution in [2.24, 2.45) is 0 Å². The molecular formula is C66H124O6.